The molecule has 0 aliphatic heterocycles. The second-order valence-corrected chi connectivity index (χ2v) is 5.95. The SMILES string of the molecule is CNC(C)(COc1cccc(C(C)(C)C)c1)C(=O)O. The van der Waals surface area contributed by atoms with Gasteiger partial charge in [0.25, 0.3) is 0 Å². The average molecular weight is 265 g/mol. The van der Waals surface area contributed by atoms with Crippen LogP contribution in [0.25, 0.3) is 0 Å². The number of hydrogen-bond acceptors (Lipinski definition) is 3. The van der Waals surface area contributed by atoms with Gasteiger partial charge in [0, 0.05) is 0 Å². The molecule has 4 nitrogen and oxygen atoms in total. The third kappa shape index (κ3) is 3.96. The molecule has 0 saturated heterocycles. The highest BCUT2D eigenvalue weighted by atomic mass is 16.5. The summed E-state index contributed by atoms with van der Waals surface area (Å²) in [7, 11) is 1.61. The topological polar surface area (TPSA) is 58.6 Å². The number of hydrogen-bond donors (Lipinski definition) is 2. The van der Waals surface area contributed by atoms with E-state index in [4.69, 9.17) is 9.84 Å². The molecule has 2 N–H and O–H groups in total. The molecule has 0 spiro atoms. The van der Waals surface area contributed by atoms with E-state index in [1.165, 1.54) is 0 Å². The van der Waals surface area contributed by atoms with Crippen LogP contribution in [0.1, 0.15) is 33.3 Å². The van der Waals surface area contributed by atoms with Crippen LogP contribution in [0.3, 0.4) is 0 Å². The third-order valence-corrected chi connectivity index (χ3v) is 3.25. The second kappa shape index (κ2) is 5.61. The maximum Gasteiger partial charge on any atom is 0.327 e. The number of carboxylic acids is 1. The molecule has 1 aromatic rings. The van der Waals surface area contributed by atoms with Crippen molar-refractivity contribution in [2.24, 2.45) is 0 Å². The minimum absolute atomic E-state index is 0.0402. The van der Waals surface area contributed by atoms with E-state index in [9.17, 15) is 4.79 Å². The van der Waals surface area contributed by atoms with Gasteiger partial charge in [0.05, 0.1) is 0 Å². The quantitative estimate of drug-likeness (QED) is 0.858. The van der Waals surface area contributed by atoms with E-state index >= 15 is 0 Å². The van der Waals surface area contributed by atoms with Crippen LogP contribution in [-0.4, -0.2) is 30.3 Å². The Balaban J connectivity index is 2.82. The Labute approximate surface area is 114 Å². The van der Waals surface area contributed by atoms with Crippen molar-refractivity contribution in [2.45, 2.75) is 38.6 Å². The minimum atomic E-state index is -1.09. The van der Waals surface area contributed by atoms with Crippen molar-refractivity contribution in [3.8, 4) is 5.75 Å². The van der Waals surface area contributed by atoms with E-state index in [2.05, 4.69) is 26.1 Å². The predicted molar refractivity (Wildman–Crippen MR) is 75.7 cm³/mol. The van der Waals surface area contributed by atoms with Gasteiger partial charge in [0.1, 0.15) is 17.9 Å². The Morgan fingerprint density at radius 1 is 1.32 bits per heavy atom. The molecule has 0 saturated carbocycles. The monoisotopic (exact) mass is 265 g/mol. The van der Waals surface area contributed by atoms with Crippen molar-refractivity contribution < 1.29 is 14.6 Å². The van der Waals surface area contributed by atoms with Crippen LogP contribution in [0.15, 0.2) is 24.3 Å². The van der Waals surface area contributed by atoms with Crippen molar-refractivity contribution in [1.29, 1.82) is 0 Å². The van der Waals surface area contributed by atoms with E-state index in [1.54, 1.807) is 14.0 Å². The molecule has 0 aliphatic carbocycles. The van der Waals surface area contributed by atoms with Gasteiger partial charge in [-0.05, 0) is 37.1 Å². The van der Waals surface area contributed by atoms with Gasteiger partial charge in [-0.25, -0.2) is 0 Å². The zero-order valence-corrected chi connectivity index (χ0v) is 12.3. The first-order valence-electron chi connectivity index (χ1n) is 6.35. The van der Waals surface area contributed by atoms with Gasteiger partial charge in [-0.3, -0.25) is 4.79 Å². The molecule has 0 fully saturated rings. The fourth-order valence-electron chi connectivity index (χ4n) is 1.52. The first-order chi connectivity index (χ1) is 8.69. The Morgan fingerprint density at radius 2 is 1.95 bits per heavy atom. The van der Waals surface area contributed by atoms with E-state index < -0.39 is 11.5 Å². The lowest BCUT2D eigenvalue weighted by molar-refractivity contribution is -0.145. The summed E-state index contributed by atoms with van der Waals surface area (Å²) < 4.78 is 5.62. The third-order valence-electron chi connectivity index (χ3n) is 3.25. The van der Waals surface area contributed by atoms with Crippen LogP contribution >= 0.6 is 0 Å². The lowest BCUT2D eigenvalue weighted by atomic mass is 9.87. The van der Waals surface area contributed by atoms with E-state index in [0.29, 0.717) is 5.75 Å². The summed E-state index contributed by atoms with van der Waals surface area (Å²) in [6.07, 6.45) is 0. The van der Waals surface area contributed by atoms with Gasteiger partial charge < -0.3 is 15.2 Å². The molecular formula is C15H23NO3. The maximum absolute atomic E-state index is 11.2. The Morgan fingerprint density at radius 3 is 2.42 bits per heavy atom. The van der Waals surface area contributed by atoms with Crippen molar-refractivity contribution >= 4 is 5.97 Å². The number of benzene rings is 1. The number of rotatable bonds is 5. The molecule has 0 aliphatic rings. The second-order valence-electron chi connectivity index (χ2n) is 5.95. The summed E-state index contributed by atoms with van der Waals surface area (Å²) in [5.74, 6) is -0.239. The van der Waals surface area contributed by atoms with Crippen LogP contribution in [0.4, 0.5) is 0 Å². The van der Waals surface area contributed by atoms with E-state index in [0.717, 1.165) is 5.56 Å². The number of carbonyl (C=O) groups is 1. The van der Waals surface area contributed by atoms with Crippen LogP contribution in [0.2, 0.25) is 0 Å². The highest BCUT2D eigenvalue weighted by molar-refractivity contribution is 5.78. The Kier molecular flexibility index (Phi) is 4.58. The molecule has 19 heavy (non-hydrogen) atoms. The predicted octanol–water partition coefficient (Wildman–Crippen LogP) is 2.43. The molecule has 1 atom stereocenters. The van der Waals surface area contributed by atoms with Crippen LogP contribution in [0.5, 0.6) is 5.75 Å². The van der Waals surface area contributed by atoms with Gasteiger partial charge in [0.2, 0.25) is 0 Å². The molecule has 4 heteroatoms. The molecule has 1 rings (SSSR count). The zero-order chi connectivity index (χ0) is 14.7. The van der Waals surface area contributed by atoms with Crippen LogP contribution in [0, 0.1) is 0 Å². The number of aliphatic carboxylic acids is 1. The number of likely N-dealkylation sites (N-methyl/N-ethyl adjacent to an activating group) is 1. The fourth-order valence-corrected chi connectivity index (χ4v) is 1.52. The van der Waals surface area contributed by atoms with Crippen molar-refractivity contribution in [3.63, 3.8) is 0 Å². The Hall–Kier alpha value is -1.55. The first-order valence-corrected chi connectivity index (χ1v) is 6.35. The number of nitrogens with one attached hydrogen (secondary N) is 1. The van der Waals surface area contributed by atoms with Crippen molar-refractivity contribution in [1.82, 2.24) is 5.32 Å². The first kappa shape index (κ1) is 15.5. The largest absolute Gasteiger partial charge is 0.491 e. The standard InChI is InChI=1S/C15H23NO3/c1-14(2,3)11-7-6-8-12(9-11)19-10-15(4,16-5)13(17)18/h6-9,16H,10H2,1-5H3,(H,17,18). The highest BCUT2D eigenvalue weighted by Gasteiger charge is 2.32. The molecule has 0 aromatic heterocycles. The minimum Gasteiger partial charge on any atom is -0.491 e. The summed E-state index contributed by atoms with van der Waals surface area (Å²) >= 11 is 0. The molecule has 0 radical (unpaired) electrons. The van der Waals surface area contributed by atoms with Gasteiger partial charge >= 0.3 is 5.97 Å². The summed E-state index contributed by atoms with van der Waals surface area (Å²) in [5, 5.41) is 11.9. The molecule has 106 valence electrons. The fraction of sp³-hybridized carbons (Fsp3) is 0.533. The average Bonchev–Trinajstić information content (AvgIpc) is 2.35. The molecular weight excluding hydrogens is 242 g/mol. The lowest BCUT2D eigenvalue weighted by Gasteiger charge is -2.25. The van der Waals surface area contributed by atoms with Crippen molar-refractivity contribution in [3.05, 3.63) is 29.8 Å². The molecule has 1 aromatic carbocycles. The summed E-state index contributed by atoms with van der Waals surface area (Å²) in [5.41, 5.74) is 0.113. The van der Waals surface area contributed by atoms with Crippen LogP contribution < -0.4 is 10.1 Å². The van der Waals surface area contributed by atoms with E-state index in [1.807, 2.05) is 24.3 Å². The molecule has 1 unspecified atom stereocenters. The number of carboxylic acid groups (broad SMARTS) is 1. The lowest BCUT2D eigenvalue weighted by Crippen LogP contribution is -2.52. The normalized spacial score (nSPS) is 14.8. The van der Waals surface area contributed by atoms with Gasteiger partial charge in [-0.1, -0.05) is 32.9 Å². The Bertz CT molecular complexity index is 451. The summed E-state index contributed by atoms with van der Waals surface area (Å²) in [4.78, 5) is 11.2. The summed E-state index contributed by atoms with van der Waals surface area (Å²) in [6.45, 7) is 8.05. The molecule has 0 heterocycles. The van der Waals surface area contributed by atoms with Crippen LogP contribution in [-0.2, 0) is 10.2 Å². The molecule has 0 amide bonds. The summed E-state index contributed by atoms with van der Waals surface area (Å²) in [6, 6.07) is 7.76. The molecule has 0 bridgehead atoms. The van der Waals surface area contributed by atoms with E-state index in [-0.39, 0.29) is 12.0 Å². The van der Waals surface area contributed by atoms with Crippen molar-refractivity contribution in [2.75, 3.05) is 13.7 Å². The van der Waals surface area contributed by atoms with Gasteiger partial charge in [0.15, 0.2) is 0 Å². The van der Waals surface area contributed by atoms with Gasteiger partial charge in [-0.15, -0.1) is 0 Å². The number of ether oxygens (including phenoxy) is 1. The van der Waals surface area contributed by atoms with Gasteiger partial charge in [-0.2, -0.15) is 0 Å². The highest BCUT2D eigenvalue weighted by Crippen LogP contribution is 2.25. The smallest absolute Gasteiger partial charge is 0.327 e. The maximum atomic E-state index is 11.2. The zero-order valence-electron chi connectivity index (χ0n) is 12.3.